The summed E-state index contributed by atoms with van der Waals surface area (Å²) < 4.78 is 23.2. The van der Waals surface area contributed by atoms with Gasteiger partial charge in [-0.1, -0.05) is 6.42 Å². The van der Waals surface area contributed by atoms with E-state index < -0.39 is 21.4 Å². The van der Waals surface area contributed by atoms with Gasteiger partial charge in [0.25, 0.3) is 0 Å². The van der Waals surface area contributed by atoms with Gasteiger partial charge in [-0.2, -0.15) is 11.8 Å². The monoisotopic (exact) mass is 279 g/mol. The lowest BCUT2D eigenvalue weighted by atomic mass is 9.68. The van der Waals surface area contributed by atoms with Gasteiger partial charge in [0.2, 0.25) is 0 Å². The van der Waals surface area contributed by atoms with Crippen molar-refractivity contribution in [3.8, 4) is 0 Å². The van der Waals surface area contributed by atoms with Crippen LogP contribution in [0.3, 0.4) is 0 Å². The van der Waals surface area contributed by atoms with Crippen molar-refractivity contribution in [2.45, 2.75) is 36.5 Å². The Kier molecular flexibility index (Phi) is 3.53. The van der Waals surface area contributed by atoms with Crippen LogP contribution in [0, 0.1) is 5.41 Å². The lowest BCUT2D eigenvalue weighted by Gasteiger charge is -2.50. The number of rotatable bonds is 4. The molecule has 17 heavy (non-hydrogen) atoms. The van der Waals surface area contributed by atoms with Gasteiger partial charge in [-0.15, -0.1) is 0 Å². The Labute approximate surface area is 107 Å². The summed E-state index contributed by atoms with van der Waals surface area (Å²) in [5, 5.41) is 10.6. The van der Waals surface area contributed by atoms with E-state index in [0.29, 0.717) is 6.42 Å². The molecule has 1 saturated carbocycles. The summed E-state index contributed by atoms with van der Waals surface area (Å²) in [4.78, 5) is 0. The first-order valence-corrected chi connectivity index (χ1v) is 9.08. The van der Waals surface area contributed by atoms with Crippen LogP contribution in [0.2, 0.25) is 0 Å². The summed E-state index contributed by atoms with van der Waals surface area (Å²) in [7, 11) is -3.01. The van der Waals surface area contributed by atoms with Crippen LogP contribution in [0.5, 0.6) is 0 Å². The van der Waals surface area contributed by atoms with Gasteiger partial charge < -0.3 is 10.8 Å². The Hall–Kier alpha value is 0.220. The van der Waals surface area contributed by atoms with Gasteiger partial charge in [0.15, 0.2) is 9.84 Å². The van der Waals surface area contributed by atoms with Crippen LogP contribution >= 0.6 is 11.8 Å². The molecular formula is C11H21NO3S2. The molecule has 2 rings (SSSR count). The summed E-state index contributed by atoms with van der Waals surface area (Å²) >= 11 is 1.67. The van der Waals surface area contributed by atoms with Crippen molar-refractivity contribution in [2.75, 3.05) is 24.3 Å². The molecule has 4 nitrogen and oxygen atoms in total. The van der Waals surface area contributed by atoms with Crippen molar-refractivity contribution in [1.82, 2.24) is 0 Å². The van der Waals surface area contributed by atoms with Crippen molar-refractivity contribution in [3.05, 3.63) is 0 Å². The molecule has 2 aliphatic rings. The Balaban J connectivity index is 2.24. The molecule has 2 atom stereocenters. The molecule has 0 spiro atoms. The van der Waals surface area contributed by atoms with E-state index in [1.165, 1.54) is 0 Å². The second-order valence-corrected chi connectivity index (χ2v) is 8.84. The molecule has 0 radical (unpaired) electrons. The zero-order valence-electron chi connectivity index (χ0n) is 10.2. The van der Waals surface area contributed by atoms with E-state index in [1.54, 1.807) is 11.8 Å². The molecule has 0 amide bonds. The van der Waals surface area contributed by atoms with E-state index in [-0.39, 0.29) is 22.8 Å². The molecular weight excluding hydrogens is 258 g/mol. The van der Waals surface area contributed by atoms with Gasteiger partial charge in [-0.3, -0.25) is 0 Å². The zero-order valence-corrected chi connectivity index (χ0v) is 11.8. The Bertz CT molecular complexity index is 386. The predicted molar refractivity (Wildman–Crippen MR) is 70.9 cm³/mol. The first-order chi connectivity index (χ1) is 7.90. The minimum absolute atomic E-state index is 0.0555. The van der Waals surface area contributed by atoms with Gasteiger partial charge in [0, 0.05) is 16.7 Å². The van der Waals surface area contributed by atoms with E-state index >= 15 is 0 Å². The third-order valence-electron chi connectivity index (χ3n) is 4.51. The maximum atomic E-state index is 11.7. The molecule has 2 fully saturated rings. The number of hydrogen-bond donors (Lipinski definition) is 2. The van der Waals surface area contributed by atoms with E-state index in [9.17, 15) is 13.5 Å². The first-order valence-electron chi connectivity index (χ1n) is 6.03. The second-order valence-electron chi connectivity index (χ2n) is 5.43. The number of aliphatic hydroxyl groups is 1. The van der Waals surface area contributed by atoms with Crippen LogP contribution in [0.4, 0.5) is 0 Å². The average molecular weight is 279 g/mol. The van der Waals surface area contributed by atoms with E-state index in [4.69, 9.17) is 5.73 Å². The van der Waals surface area contributed by atoms with Crippen LogP contribution < -0.4 is 5.73 Å². The summed E-state index contributed by atoms with van der Waals surface area (Å²) in [5.41, 5.74) is 5.18. The average Bonchev–Trinajstić information content (AvgIpc) is 2.55. The number of sulfone groups is 1. The van der Waals surface area contributed by atoms with Gasteiger partial charge >= 0.3 is 0 Å². The summed E-state index contributed by atoms with van der Waals surface area (Å²) in [6, 6.07) is 0. The summed E-state index contributed by atoms with van der Waals surface area (Å²) in [6.45, 7) is 0.260. The van der Waals surface area contributed by atoms with Crippen LogP contribution in [0.25, 0.3) is 0 Å². The molecule has 1 saturated heterocycles. The van der Waals surface area contributed by atoms with E-state index in [2.05, 4.69) is 0 Å². The van der Waals surface area contributed by atoms with Crippen LogP contribution in [-0.2, 0) is 9.84 Å². The Morgan fingerprint density at radius 2 is 2.06 bits per heavy atom. The maximum absolute atomic E-state index is 11.7. The quantitative estimate of drug-likeness (QED) is 0.778. The molecule has 1 aliphatic carbocycles. The largest absolute Gasteiger partial charge is 0.391 e. The van der Waals surface area contributed by atoms with E-state index in [1.807, 2.05) is 6.26 Å². The maximum Gasteiger partial charge on any atom is 0.151 e. The van der Waals surface area contributed by atoms with Crippen LogP contribution in [-0.4, -0.2) is 48.7 Å². The SMILES string of the molecule is CSC1(C(O)C2(CN)CCS(=O)(=O)C2)CCC1. The minimum atomic E-state index is -3.01. The molecule has 1 heterocycles. The summed E-state index contributed by atoms with van der Waals surface area (Å²) in [5.74, 6) is 0.228. The fourth-order valence-corrected chi connectivity index (χ4v) is 6.43. The van der Waals surface area contributed by atoms with Gasteiger partial charge in [-0.05, 0) is 25.5 Å². The van der Waals surface area contributed by atoms with Gasteiger partial charge in [-0.25, -0.2) is 8.42 Å². The predicted octanol–water partition coefficient (Wildman–Crippen LogP) is 0.397. The van der Waals surface area contributed by atoms with Crippen LogP contribution in [0.15, 0.2) is 0 Å². The molecule has 0 aromatic rings. The first kappa shape index (κ1) is 13.6. The van der Waals surface area contributed by atoms with Crippen molar-refractivity contribution >= 4 is 21.6 Å². The van der Waals surface area contributed by atoms with E-state index in [0.717, 1.165) is 19.3 Å². The number of hydrogen-bond acceptors (Lipinski definition) is 5. The fraction of sp³-hybridized carbons (Fsp3) is 1.00. The molecule has 0 aromatic heterocycles. The highest BCUT2D eigenvalue weighted by molar-refractivity contribution is 8.00. The smallest absolute Gasteiger partial charge is 0.151 e. The topological polar surface area (TPSA) is 80.4 Å². The molecule has 100 valence electrons. The molecule has 0 aromatic carbocycles. The van der Waals surface area contributed by atoms with Gasteiger partial charge in [0.1, 0.15) is 0 Å². The normalized spacial score (nSPS) is 36.4. The minimum Gasteiger partial charge on any atom is -0.391 e. The third kappa shape index (κ3) is 2.13. The zero-order chi connectivity index (χ0) is 12.7. The standard InChI is InChI=1S/C11H21NO3S2/c1-16-11(3-2-4-11)9(13)10(7-12)5-6-17(14,15)8-10/h9,13H,2-8,12H2,1H3. The van der Waals surface area contributed by atoms with Crippen LogP contribution in [0.1, 0.15) is 25.7 Å². The number of aliphatic hydroxyl groups excluding tert-OH is 1. The molecule has 2 unspecified atom stereocenters. The Morgan fingerprint density at radius 1 is 1.41 bits per heavy atom. The highest BCUT2D eigenvalue weighted by atomic mass is 32.2. The fourth-order valence-electron chi connectivity index (χ4n) is 3.10. The molecule has 0 bridgehead atoms. The molecule has 1 aliphatic heterocycles. The lowest BCUT2D eigenvalue weighted by molar-refractivity contribution is -0.00937. The second kappa shape index (κ2) is 4.40. The Morgan fingerprint density at radius 3 is 2.35 bits per heavy atom. The number of nitrogens with two attached hydrogens (primary N) is 1. The lowest BCUT2D eigenvalue weighted by Crippen LogP contribution is -2.57. The van der Waals surface area contributed by atoms with Crippen molar-refractivity contribution in [1.29, 1.82) is 0 Å². The van der Waals surface area contributed by atoms with Crippen molar-refractivity contribution in [2.24, 2.45) is 11.1 Å². The van der Waals surface area contributed by atoms with Crippen molar-refractivity contribution < 1.29 is 13.5 Å². The third-order valence-corrected chi connectivity index (χ3v) is 7.80. The highest BCUT2D eigenvalue weighted by Crippen LogP contribution is 2.52. The van der Waals surface area contributed by atoms with Crippen molar-refractivity contribution in [3.63, 3.8) is 0 Å². The number of thioether (sulfide) groups is 1. The molecule has 3 N–H and O–H groups in total. The van der Waals surface area contributed by atoms with Gasteiger partial charge in [0.05, 0.1) is 17.6 Å². The highest BCUT2D eigenvalue weighted by Gasteiger charge is 2.56. The summed E-state index contributed by atoms with van der Waals surface area (Å²) in [6.07, 6.45) is 4.96. The molecule has 6 heteroatoms.